The standard InChI is InChI=1S/C16H13FN4OS/c17-12-6-8-13(9-7-12)19-16(22)15(11-4-2-1-3-5-11)23-14-10-18-21-20-14/h1-10,15H,(H,19,22)(H,18,20,21)/t15-/m1/s1. The molecular weight excluding hydrogens is 315 g/mol. The van der Waals surface area contributed by atoms with Crippen LogP contribution >= 0.6 is 11.8 Å². The second kappa shape index (κ2) is 7.06. The monoisotopic (exact) mass is 328 g/mol. The first-order chi connectivity index (χ1) is 11.2. The van der Waals surface area contributed by atoms with Crippen LogP contribution in [0.3, 0.4) is 0 Å². The molecule has 0 aliphatic carbocycles. The van der Waals surface area contributed by atoms with E-state index in [9.17, 15) is 9.18 Å². The van der Waals surface area contributed by atoms with Crippen molar-refractivity contribution in [3.63, 3.8) is 0 Å². The van der Waals surface area contributed by atoms with Crippen molar-refractivity contribution in [2.75, 3.05) is 5.32 Å². The lowest BCUT2D eigenvalue weighted by Crippen LogP contribution is -2.19. The summed E-state index contributed by atoms with van der Waals surface area (Å²) in [6.07, 6.45) is 1.56. The van der Waals surface area contributed by atoms with Crippen LogP contribution in [0, 0.1) is 5.82 Å². The minimum atomic E-state index is -0.494. The maximum absolute atomic E-state index is 13.0. The lowest BCUT2D eigenvalue weighted by molar-refractivity contribution is -0.115. The molecule has 3 aromatic rings. The Hall–Kier alpha value is -2.67. The van der Waals surface area contributed by atoms with Crippen molar-refractivity contribution in [3.8, 4) is 0 Å². The number of hydrogen-bond donors (Lipinski definition) is 2. The number of aromatic nitrogens is 3. The van der Waals surface area contributed by atoms with Gasteiger partial charge in [-0.25, -0.2) is 4.39 Å². The van der Waals surface area contributed by atoms with Crippen molar-refractivity contribution in [2.24, 2.45) is 0 Å². The van der Waals surface area contributed by atoms with Crippen LogP contribution in [0.2, 0.25) is 0 Å². The summed E-state index contributed by atoms with van der Waals surface area (Å²) in [6, 6.07) is 15.0. The molecule has 0 aliphatic heterocycles. The highest BCUT2D eigenvalue weighted by molar-refractivity contribution is 8.00. The van der Waals surface area contributed by atoms with Crippen LogP contribution in [0.5, 0.6) is 0 Å². The zero-order valence-electron chi connectivity index (χ0n) is 11.9. The molecule has 0 saturated heterocycles. The minimum Gasteiger partial charge on any atom is -0.325 e. The fourth-order valence-corrected chi connectivity index (χ4v) is 2.92. The predicted molar refractivity (Wildman–Crippen MR) is 86.5 cm³/mol. The van der Waals surface area contributed by atoms with Gasteiger partial charge in [0.05, 0.1) is 6.20 Å². The van der Waals surface area contributed by atoms with Gasteiger partial charge in [0.15, 0.2) is 0 Å². The van der Waals surface area contributed by atoms with Crippen LogP contribution in [0.1, 0.15) is 10.8 Å². The molecular formula is C16H13FN4OS. The van der Waals surface area contributed by atoms with Crippen molar-refractivity contribution in [1.29, 1.82) is 0 Å². The molecule has 7 heteroatoms. The third-order valence-electron chi connectivity index (χ3n) is 3.08. The molecule has 23 heavy (non-hydrogen) atoms. The van der Waals surface area contributed by atoms with Gasteiger partial charge in [-0.1, -0.05) is 42.1 Å². The first kappa shape index (κ1) is 15.2. The van der Waals surface area contributed by atoms with Crippen molar-refractivity contribution in [2.45, 2.75) is 10.3 Å². The van der Waals surface area contributed by atoms with Crippen molar-refractivity contribution in [3.05, 3.63) is 72.2 Å². The molecule has 0 bridgehead atoms. The van der Waals surface area contributed by atoms with Gasteiger partial charge < -0.3 is 5.32 Å². The minimum absolute atomic E-state index is 0.212. The van der Waals surface area contributed by atoms with Gasteiger partial charge in [-0.15, -0.1) is 5.10 Å². The summed E-state index contributed by atoms with van der Waals surface area (Å²) < 4.78 is 13.0. The molecule has 5 nitrogen and oxygen atoms in total. The van der Waals surface area contributed by atoms with Crippen molar-refractivity contribution < 1.29 is 9.18 Å². The molecule has 0 fully saturated rings. The van der Waals surface area contributed by atoms with Crippen molar-refractivity contribution in [1.82, 2.24) is 15.4 Å². The Morgan fingerprint density at radius 3 is 2.52 bits per heavy atom. The highest BCUT2D eigenvalue weighted by atomic mass is 32.2. The molecule has 1 heterocycles. The maximum Gasteiger partial charge on any atom is 0.242 e. The number of rotatable bonds is 5. The summed E-state index contributed by atoms with van der Waals surface area (Å²) in [5.41, 5.74) is 1.39. The highest BCUT2D eigenvalue weighted by Crippen LogP contribution is 2.34. The molecule has 0 radical (unpaired) electrons. The summed E-state index contributed by atoms with van der Waals surface area (Å²) in [6.45, 7) is 0. The van der Waals surface area contributed by atoms with Gasteiger partial charge >= 0.3 is 0 Å². The van der Waals surface area contributed by atoms with Crippen LogP contribution in [-0.2, 0) is 4.79 Å². The zero-order valence-corrected chi connectivity index (χ0v) is 12.8. The SMILES string of the molecule is O=C(Nc1ccc(F)cc1)[C@H](Sc1cn[nH]n1)c1ccccc1. The number of thioether (sulfide) groups is 1. The van der Waals surface area contributed by atoms with Gasteiger partial charge in [0.1, 0.15) is 16.1 Å². The number of anilines is 1. The average Bonchev–Trinajstić information content (AvgIpc) is 3.09. The van der Waals surface area contributed by atoms with Gasteiger partial charge in [-0.05, 0) is 29.8 Å². The summed E-state index contributed by atoms with van der Waals surface area (Å²) in [7, 11) is 0. The van der Waals surface area contributed by atoms with E-state index in [1.54, 1.807) is 6.20 Å². The summed E-state index contributed by atoms with van der Waals surface area (Å²) in [5, 5.41) is 13.2. The molecule has 1 atom stereocenters. The van der Waals surface area contributed by atoms with E-state index in [4.69, 9.17) is 0 Å². The molecule has 3 rings (SSSR count). The number of hydrogen-bond acceptors (Lipinski definition) is 4. The summed E-state index contributed by atoms with van der Waals surface area (Å²) in [4.78, 5) is 12.6. The van der Waals surface area contributed by atoms with Crippen LogP contribution in [0.4, 0.5) is 10.1 Å². The van der Waals surface area contributed by atoms with E-state index < -0.39 is 5.25 Å². The number of nitrogens with zero attached hydrogens (tertiary/aromatic N) is 2. The fraction of sp³-hybridized carbons (Fsp3) is 0.0625. The Morgan fingerprint density at radius 2 is 1.87 bits per heavy atom. The number of halogens is 1. The van der Waals surface area contributed by atoms with E-state index in [0.717, 1.165) is 5.56 Å². The molecule has 1 amide bonds. The second-order valence-corrected chi connectivity index (χ2v) is 5.84. The Labute approximate surface area is 136 Å². The van der Waals surface area contributed by atoms with Gasteiger partial charge in [-0.2, -0.15) is 10.3 Å². The van der Waals surface area contributed by atoms with E-state index in [0.29, 0.717) is 10.7 Å². The zero-order chi connectivity index (χ0) is 16.1. The van der Waals surface area contributed by atoms with E-state index in [-0.39, 0.29) is 11.7 Å². The molecule has 2 aromatic carbocycles. The maximum atomic E-state index is 13.0. The van der Waals surface area contributed by atoms with Crippen LogP contribution in [0.25, 0.3) is 0 Å². The first-order valence-electron chi connectivity index (χ1n) is 6.86. The Bertz CT molecular complexity index is 763. The van der Waals surface area contributed by atoms with Gasteiger partial charge in [0.2, 0.25) is 5.91 Å². The van der Waals surface area contributed by atoms with Gasteiger partial charge in [0, 0.05) is 5.69 Å². The van der Waals surface area contributed by atoms with E-state index in [1.165, 1.54) is 36.0 Å². The van der Waals surface area contributed by atoms with E-state index in [1.807, 2.05) is 30.3 Å². The van der Waals surface area contributed by atoms with Crippen LogP contribution in [-0.4, -0.2) is 21.3 Å². The third kappa shape index (κ3) is 3.95. The summed E-state index contributed by atoms with van der Waals surface area (Å²) in [5.74, 6) is -0.560. The van der Waals surface area contributed by atoms with Crippen LogP contribution < -0.4 is 5.32 Å². The molecule has 0 unspecified atom stereocenters. The molecule has 2 N–H and O–H groups in total. The fourth-order valence-electron chi connectivity index (χ4n) is 2.01. The number of carbonyl (C=O) groups is 1. The second-order valence-electron chi connectivity index (χ2n) is 4.71. The lowest BCUT2D eigenvalue weighted by Gasteiger charge is -2.15. The quantitative estimate of drug-likeness (QED) is 0.704. The third-order valence-corrected chi connectivity index (χ3v) is 4.24. The highest BCUT2D eigenvalue weighted by Gasteiger charge is 2.23. The number of carbonyl (C=O) groups excluding carboxylic acids is 1. The van der Waals surface area contributed by atoms with E-state index >= 15 is 0 Å². The number of amides is 1. The number of benzene rings is 2. The van der Waals surface area contributed by atoms with E-state index in [2.05, 4.69) is 20.7 Å². The number of H-pyrrole nitrogens is 1. The summed E-state index contributed by atoms with van der Waals surface area (Å²) >= 11 is 1.29. The lowest BCUT2D eigenvalue weighted by atomic mass is 10.1. The van der Waals surface area contributed by atoms with Gasteiger partial charge in [-0.3, -0.25) is 4.79 Å². The Morgan fingerprint density at radius 1 is 1.13 bits per heavy atom. The average molecular weight is 328 g/mol. The largest absolute Gasteiger partial charge is 0.325 e. The molecule has 116 valence electrons. The molecule has 0 aliphatic rings. The van der Waals surface area contributed by atoms with Crippen LogP contribution in [0.15, 0.2) is 65.8 Å². The molecule has 0 saturated carbocycles. The molecule has 1 aromatic heterocycles. The topological polar surface area (TPSA) is 70.7 Å². The number of aromatic amines is 1. The number of nitrogens with one attached hydrogen (secondary N) is 2. The Balaban J connectivity index is 1.82. The normalized spacial score (nSPS) is 11.9. The van der Waals surface area contributed by atoms with Gasteiger partial charge in [0.25, 0.3) is 0 Å². The predicted octanol–water partition coefficient (Wildman–Crippen LogP) is 3.42. The first-order valence-corrected chi connectivity index (χ1v) is 7.74. The molecule has 0 spiro atoms. The smallest absolute Gasteiger partial charge is 0.242 e. The Kier molecular flexibility index (Phi) is 4.68. The van der Waals surface area contributed by atoms with Crippen molar-refractivity contribution >= 4 is 23.4 Å².